The second kappa shape index (κ2) is 6.19. The fourth-order valence-electron chi connectivity index (χ4n) is 3.73. The summed E-state index contributed by atoms with van der Waals surface area (Å²) < 4.78 is 16.8. The number of hydrogen-bond acceptors (Lipinski definition) is 5. The summed E-state index contributed by atoms with van der Waals surface area (Å²) in [6.45, 7) is 6.48. The van der Waals surface area contributed by atoms with E-state index in [4.69, 9.17) is 14.2 Å². The van der Waals surface area contributed by atoms with Gasteiger partial charge in [-0.15, -0.1) is 0 Å². The lowest BCUT2D eigenvalue weighted by Gasteiger charge is -2.28. The van der Waals surface area contributed by atoms with Gasteiger partial charge in [0.15, 0.2) is 6.29 Å². The molecule has 1 amide bonds. The summed E-state index contributed by atoms with van der Waals surface area (Å²) in [5.74, 6) is -0.985. The minimum atomic E-state index is -0.985. The van der Waals surface area contributed by atoms with Crippen molar-refractivity contribution in [1.82, 2.24) is 4.90 Å². The fourth-order valence-corrected chi connectivity index (χ4v) is 3.73. The number of likely N-dealkylation sites (tertiary alicyclic amines) is 1. The van der Waals surface area contributed by atoms with Gasteiger partial charge in [0.2, 0.25) is 0 Å². The highest BCUT2D eigenvalue weighted by Gasteiger charge is 2.68. The summed E-state index contributed by atoms with van der Waals surface area (Å²) in [5.41, 5.74) is -0.909. The molecule has 3 fully saturated rings. The van der Waals surface area contributed by atoms with Crippen molar-refractivity contribution in [1.29, 1.82) is 0 Å². The molecule has 1 saturated carbocycles. The number of hydrogen-bond donors (Lipinski definition) is 1. The van der Waals surface area contributed by atoms with Crippen LogP contribution in [0, 0.1) is 5.41 Å². The Balaban J connectivity index is 1.63. The molecule has 0 spiro atoms. The van der Waals surface area contributed by atoms with E-state index < -0.39 is 23.7 Å². The molecular formula is C17H27NO6. The Morgan fingerprint density at radius 3 is 2.62 bits per heavy atom. The van der Waals surface area contributed by atoms with Crippen LogP contribution < -0.4 is 0 Å². The van der Waals surface area contributed by atoms with Crippen molar-refractivity contribution in [3.63, 3.8) is 0 Å². The Kier molecular flexibility index (Phi) is 4.51. The summed E-state index contributed by atoms with van der Waals surface area (Å²) in [4.78, 5) is 25.4. The van der Waals surface area contributed by atoms with Gasteiger partial charge in [0.1, 0.15) is 11.6 Å². The van der Waals surface area contributed by atoms with E-state index in [1.54, 1.807) is 20.8 Å². The molecule has 2 heterocycles. The van der Waals surface area contributed by atoms with Crippen LogP contribution in [0.4, 0.5) is 4.79 Å². The zero-order valence-electron chi connectivity index (χ0n) is 14.6. The lowest BCUT2D eigenvalue weighted by atomic mass is 10.0. The Morgan fingerprint density at radius 2 is 2.04 bits per heavy atom. The molecule has 0 radical (unpaired) electrons. The summed E-state index contributed by atoms with van der Waals surface area (Å²) in [6.07, 6.45) is 3.45. The smallest absolute Gasteiger partial charge is 0.411 e. The standard InChI is InChI=1S/C17H27NO6/c1-16(2,3)24-15(21)18-11(14(19)20)8-17(9-12(17)18)10-23-13-6-4-5-7-22-13/h11-13H,4-10H2,1-3H3,(H,19,20)/t11-,12?,13?,17-/m0/s1. The Bertz CT molecular complexity index is 510. The minimum Gasteiger partial charge on any atom is -0.480 e. The van der Waals surface area contributed by atoms with Crippen LogP contribution in [0.2, 0.25) is 0 Å². The first-order valence-corrected chi connectivity index (χ1v) is 8.69. The van der Waals surface area contributed by atoms with Gasteiger partial charge >= 0.3 is 12.1 Å². The second-order valence-corrected chi connectivity index (χ2v) is 8.14. The van der Waals surface area contributed by atoms with Crippen LogP contribution >= 0.6 is 0 Å². The summed E-state index contributed by atoms with van der Waals surface area (Å²) in [5, 5.41) is 9.49. The van der Waals surface area contributed by atoms with Crippen LogP contribution in [0.25, 0.3) is 0 Å². The number of nitrogens with zero attached hydrogens (tertiary/aromatic N) is 1. The number of carboxylic acids is 1. The number of piperidine rings is 1. The van der Waals surface area contributed by atoms with E-state index in [2.05, 4.69) is 0 Å². The van der Waals surface area contributed by atoms with Gasteiger partial charge in [-0.3, -0.25) is 4.90 Å². The largest absolute Gasteiger partial charge is 0.480 e. The van der Waals surface area contributed by atoms with E-state index in [0.29, 0.717) is 19.6 Å². The van der Waals surface area contributed by atoms with Crippen molar-refractivity contribution in [3.8, 4) is 0 Å². The van der Waals surface area contributed by atoms with Gasteiger partial charge in [0.25, 0.3) is 0 Å². The summed E-state index contributed by atoms with van der Waals surface area (Å²) in [7, 11) is 0. The summed E-state index contributed by atoms with van der Waals surface area (Å²) in [6, 6.07) is -0.952. The predicted octanol–water partition coefficient (Wildman–Crippen LogP) is 2.38. The SMILES string of the molecule is CC(C)(C)OC(=O)N1C2C[C@]2(COC2CCCCO2)C[C@H]1C(=O)O. The van der Waals surface area contributed by atoms with E-state index >= 15 is 0 Å². The lowest BCUT2D eigenvalue weighted by Crippen LogP contribution is -2.45. The molecule has 7 heteroatoms. The molecule has 3 rings (SSSR count). The Hall–Kier alpha value is -1.34. The van der Waals surface area contributed by atoms with Gasteiger partial charge in [-0.1, -0.05) is 0 Å². The monoisotopic (exact) mass is 341 g/mol. The molecule has 0 aromatic carbocycles. The minimum absolute atomic E-state index is 0.114. The normalized spacial score (nSPS) is 35.5. The first-order chi connectivity index (χ1) is 11.2. The third-order valence-corrected chi connectivity index (χ3v) is 5.00. The molecule has 1 N–H and O–H groups in total. The van der Waals surface area contributed by atoms with Crippen molar-refractivity contribution in [3.05, 3.63) is 0 Å². The van der Waals surface area contributed by atoms with Crippen LogP contribution in [0.5, 0.6) is 0 Å². The highest BCUT2D eigenvalue weighted by atomic mass is 16.7. The number of aliphatic carboxylic acids is 1. The fraction of sp³-hybridized carbons (Fsp3) is 0.882. The predicted molar refractivity (Wildman–Crippen MR) is 84.5 cm³/mol. The molecule has 0 bridgehead atoms. The third-order valence-electron chi connectivity index (χ3n) is 5.00. The van der Waals surface area contributed by atoms with E-state index in [1.807, 2.05) is 0 Å². The quantitative estimate of drug-likeness (QED) is 0.845. The van der Waals surface area contributed by atoms with Gasteiger partial charge in [0, 0.05) is 18.1 Å². The van der Waals surface area contributed by atoms with Crippen molar-refractivity contribution >= 4 is 12.1 Å². The molecule has 2 unspecified atom stereocenters. The third kappa shape index (κ3) is 3.52. The number of carbonyl (C=O) groups excluding carboxylic acids is 1. The molecule has 0 aromatic rings. The van der Waals surface area contributed by atoms with Crippen molar-refractivity contribution < 1.29 is 28.9 Å². The average molecular weight is 341 g/mol. The Labute approximate surface area is 142 Å². The molecule has 2 saturated heterocycles. The first-order valence-electron chi connectivity index (χ1n) is 8.69. The van der Waals surface area contributed by atoms with E-state index in [1.165, 1.54) is 4.90 Å². The van der Waals surface area contributed by atoms with Crippen LogP contribution in [-0.2, 0) is 19.0 Å². The second-order valence-electron chi connectivity index (χ2n) is 8.14. The molecular weight excluding hydrogens is 314 g/mol. The number of rotatable bonds is 4. The lowest BCUT2D eigenvalue weighted by molar-refractivity contribution is -0.171. The maximum atomic E-state index is 12.4. The van der Waals surface area contributed by atoms with Crippen LogP contribution in [0.3, 0.4) is 0 Å². The molecule has 1 aliphatic carbocycles. The molecule has 7 nitrogen and oxygen atoms in total. The summed E-state index contributed by atoms with van der Waals surface area (Å²) >= 11 is 0. The molecule has 136 valence electrons. The van der Waals surface area contributed by atoms with E-state index in [9.17, 15) is 14.7 Å². The van der Waals surface area contributed by atoms with Crippen LogP contribution in [-0.4, -0.2) is 59.3 Å². The van der Waals surface area contributed by atoms with Crippen LogP contribution in [0.15, 0.2) is 0 Å². The number of fused-ring (bicyclic) bond motifs is 1. The van der Waals surface area contributed by atoms with Gasteiger partial charge in [-0.05, 0) is 52.9 Å². The van der Waals surface area contributed by atoms with E-state index in [0.717, 1.165) is 25.7 Å². The van der Waals surface area contributed by atoms with Crippen molar-refractivity contribution in [2.24, 2.45) is 5.41 Å². The number of carboxylic acid groups (broad SMARTS) is 1. The van der Waals surface area contributed by atoms with Gasteiger partial charge in [0.05, 0.1) is 6.61 Å². The van der Waals surface area contributed by atoms with Crippen molar-refractivity contribution in [2.45, 2.75) is 76.9 Å². The van der Waals surface area contributed by atoms with Gasteiger partial charge < -0.3 is 19.3 Å². The average Bonchev–Trinajstić information content (AvgIpc) is 3.09. The highest BCUT2D eigenvalue weighted by Crippen LogP contribution is 2.60. The maximum absolute atomic E-state index is 12.4. The highest BCUT2D eigenvalue weighted by molar-refractivity contribution is 5.82. The molecule has 3 aliphatic rings. The van der Waals surface area contributed by atoms with Crippen LogP contribution in [0.1, 0.15) is 52.9 Å². The molecule has 2 aliphatic heterocycles. The number of amides is 1. The number of carbonyl (C=O) groups is 2. The Morgan fingerprint density at radius 1 is 1.29 bits per heavy atom. The van der Waals surface area contributed by atoms with Gasteiger partial charge in [-0.25, -0.2) is 9.59 Å². The zero-order chi connectivity index (χ0) is 17.5. The van der Waals surface area contributed by atoms with Crippen molar-refractivity contribution in [2.75, 3.05) is 13.2 Å². The molecule has 24 heavy (non-hydrogen) atoms. The van der Waals surface area contributed by atoms with E-state index in [-0.39, 0.29) is 17.7 Å². The topological polar surface area (TPSA) is 85.3 Å². The first kappa shape index (κ1) is 17.5. The van der Waals surface area contributed by atoms with Gasteiger partial charge in [-0.2, -0.15) is 0 Å². The molecule has 4 atom stereocenters. The maximum Gasteiger partial charge on any atom is 0.411 e. The number of ether oxygens (including phenoxy) is 3. The molecule has 0 aromatic heterocycles. The zero-order valence-corrected chi connectivity index (χ0v) is 14.6.